The molecular weight excluding hydrogens is 556 g/mol. The van der Waals surface area contributed by atoms with Crippen molar-refractivity contribution in [3.05, 3.63) is 29.8 Å². The Kier molecular flexibility index (Phi) is 15.4. The number of guanidine groups is 2. The van der Waals surface area contributed by atoms with Crippen LogP contribution < -0.4 is 44.6 Å². The highest BCUT2D eigenvalue weighted by molar-refractivity contribution is 7.80. The molecule has 228 valence electrons. The topological polar surface area (TPSA) is 300 Å². The van der Waals surface area contributed by atoms with Crippen LogP contribution in [0.25, 0.3) is 0 Å². The molecule has 4 unspecified atom stereocenters. The molecule has 0 spiro atoms. The van der Waals surface area contributed by atoms with E-state index >= 15 is 0 Å². The molecule has 3 amide bonds. The summed E-state index contributed by atoms with van der Waals surface area (Å²) in [6.45, 7) is 0.307. The highest BCUT2D eigenvalue weighted by Crippen LogP contribution is 2.12. The number of hydrogen-bond donors (Lipinski definition) is 11. The predicted molar refractivity (Wildman–Crippen MR) is 157 cm³/mol. The van der Waals surface area contributed by atoms with Gasteiger partial charge in [-0.05, 0) is 43.4 Å². The van der Waals surface area contributed by atoms with Crippen LogP contribution in [-0.2, 0) is 25.6 Å². The van der Waals surface area contributed by atoms with E-state index in [1.807, 2.05) is 0 Å². The summed E-state index contributed by atoms with van der Waals surface area (Å²) in [5.74, 6) is -3.67. The molecule has 0 aliphatic rings. The molecule has 41 heavy (non-hydrogen) atoms. The van der Waals surface area contributed by atoms with E-state index in [1.165, 1.54) is 12.1 Å². The summed E-state index contributed by atoms with van der Waals surface area (Å²) in [7, 11) is 0. The summed E-state index contributed by atoms with van der Waals surface area (Å²) in [6.07, 6.45) is 0.598. The lowest BCUT2D eigenvalue weighted by Crippen LogP contribution is -2.57. The van der Waals surface area contributed by atoms with Crippen LogP contribution in [0.15, 0.2) is 34.3 Å². The first-order valence-corrected chi connectivity index (χ1v) is 13.4. The van der Waals surface area contributed by atoms with E-state index in [4.69, 9.17) is 28.7 Å². The maximum absolute atomic E-state index is 13.4. The Hall–Kier alpha value is -4.25. The third-order valence-electron chi connectivity index (χ3n) is 5.68. The molecule has 0 radical (unpaired) electrons. The van der Waals surface area contributed by atoms with Gasteiger partial charge >= 0.3 is 5.97 Å². The van der Waals surface area contributed by atoms with Crippen LogP contribution in [0.1, 0.15) is 31.2 Å². The van der Waals surface area contributed by atoms with Crippen molar-refractivity contribution in [1.82, 2.24) is 16.0 Å². The number of aliphatic carboxylic acids is 1. The number of rotatable bonds is 18. The number of aliphatic imine (C=N–C) groups is 2. The predicted octanol–water partition coefficient (Wildman–Crippen LogP) is -3.16. The van der Waals surface area contributed by atoms with Gasteiger partial charge in [-0.1, -0.05) is 12.1 Å². The van der Waals surface area contributed by atoms with Gasteiger partial charge in [0.15, 0.2) is 11.9 Å². The number of hydrogen-bond acceptors (Lipinski definition) is 9. The van der Waals surface area contributed by atoms with E-state index in [0.29, 0.717) is 5.56 Å². The molecule has 0 saturated carbocycles. The average Bonchev–Trinajstić information content (AvgIpc) is 2.91. The molecule has 15 N–H and O–H groups in total. The first-order valence-electron chi connectivity index (χ1n) is 12.7. The van der Waals surface area contributed by atoms with E-state index in [1.54, 1.807) is 12.1 Å². The Balaban J connectivity index is 3.13. The number of amides is 3. The molecule has 0 bridgehead atoms. The SMILES string of the molecule is NC(N)=NCCCC(NC(=O)C(CCCN=C(N)N)NC(=O)C(Cc1ccc(O)cc1)NC(=O)C(N)CS)C(=O)O. The minimum Gasteiger partial charge on any atom is -0.508 e. The first-order chi connectivity index (χ1) is 19.3. The third-order valence-corrected chi connectivity index (χ3v) is 6.07. The largest absolute Gasteiger partial charge is 0.508 e. The van der Waals surface area contributed by atoms with Crippen LogP contribution >= 0.6 is 12.6 Å². The first kappa shape index (κ1) is 34.8. The Morgan fingerprint density at radius 2 is 1.24 bits per heavy atom. The summed E-state index contributed by atoms with van der Waals surface area (Å²) in [5, 5.41) is 26.7. The molecule has 0 fully saturated rings. The summed E-state index contributed by atoms with van der Waals surface area (Å²) in [4.78, 5) is 58.5. The number of nitrogens with zero attached hydrogens (tertiary/aromatic N) is 2. The van der Waals surface area contributed by atoms with Gasteiger partial charge in [0.05, 0.1) is 6.04 Å². The zero-order chi connectivity index (χ0) is 30.9. The second-order valence-electron chi connectivity index (χ2n) is 9.08. The van der Waals surface area contributed by atoms with Crippen molar-refractivity contribution in [2.75, 3.05) is 18.8 Å². The van der Waals surface area contributed by atoms with Gasteiger partial charge in [-0.2, -0.15) is 12.6 Å². The standard InChI is InChI=1S/C24H40N10O6S/c25-15(12-41)19(36)34-18(11-13-5-7-14(35)8-6-13)21(38)32-16(3-1-9-30-23(26)27)20(37)33-17(22(39)40)4-2-10-31-24(28)29/h5-8,15-18,35,41H,1-4,9-12,25H2,(H,32,38)(H,33,37)(H,34,36)(H,39,40)(H4,26,27,30)(H4,28,29,31). The number of phenols is 1. The Morgan fingerprint density at radius 3 is 1.73 bits per heavy atom. The number of thiol groups is 1. The van der Waals surface area contributed by atoms with Gasteiger partial charge < -0.3 is 54.8 Å². The number of carbonyl (C=O) groups is 4. The van der Waals surface area contributed by atoms with Gasteiger partial charge in [0.25, 0.3) is 0 Å². The number of carboxylic acid groups (broad SMARTS) is 1. The van der Waals surface area contributed by atoms with Crippen molar-refractivity contribution in [2.45, 2.75) is 56.3 Å². The summed E-state index contributed by atoms with van der Waals surface area (Å²) in [6, 6.07) is 1.33. The number of phenolic OH excluding ortho intramolecular Hbond substituents is 1. The second-order valence-corrected chi connectivity index (χ2v) is 9.44. The second kappa shape index (κ2) is 18.2. The van der Waals surface area contributed by atoms with Gasteiger partial charge in [-0.15, -0.1) is 0 Å². The number of nitrogens with one attached hydrogen (secondary N) is 3. The smallest absolute Gasteiger partial charge is 0.326 e. The zero-order valence-electron chi connectivity index (χ0n) is 22.5. The molecule has 1 aromatic carbocycles. The van der Waals surface area contributed by atoms with Crippen molar-refractivity contribution >= 4 is 48.2 Å². The monoisotopic (exact) mass is 596 g/mol. The van der Waals surface area contributed by atoms with Crippen LogP contribution in [0.4, 0.5) is 0 Å². The van der Waals surface area contributed by atoms with Gasteiger partial charge in [0.1, 0.15) is 23.9 Å². The molecule has 17 heteroatoms. The summed E-state index contributed by atoms with van der Waals surface area (Å²) in [5.41, 5.74) is 27.6. The van der Waals surface area contributed by atoms with Gasteiger partial charge in [-0.3, -0.25) is 24.4 Å². The maximum atomic E-state index is 13.4. The van der Waals surface area contributed by atoms with E-state index in [-0.39, 0.29) is 68.6 Å². The number of carboxylic acids is 1. The highest BCUT2D eigenvalue weighted by atomic mass is 32.1. The number of nitrogens with two attached hydrogens (primary N) is 5. The molecule has 0 saturated heterocycles. The number of aromatic hydroxyl groups is 1. The molecule has 0 aliphatic carbocycles. The molecule has 0 aromatic heterocycles. The Labute approximate surface area is 243 Å². The Bertz CT molecular complexity index is 1080. The van der Waals surface area contributed by atoms with Crippen LogP contribution in [0.3, 0.4) is 0 Å². The summed E-state index contributed by atoms with van der Waals surface area (Å²) < 4.78 is 0. The fourth-order valence-corrected chi connectivity index (χ4v) is 3.68. The lowest BCUT2D eigenvalue weighted by Gasteiger charge is -2.25. The quantitative estimate of drug-likeness (QED) is 0.0348. The number of carbonyl (C=O) groups excluding carboxylic acids is 3. The van der Waals surface area contributed by atoms with Crippen LogP contribution in [0.5, 0.6) is 5.75 Å². The minimum atomic E-state index is -1.29. The fourth-order valence-electron chi connectivity index (χ4n) is 3.52. The van der Waals surface area contributed by atoms with Crippen molar-refractivity contribution in [1.29, 1.82) is 0 Å². The minimum absolute atomic E-state index is 0.00201. The van der Waals surface area contributed by atoms with Crippen molar-refractivity contribution < 1.29 is 29.4 Å². The van der Waals surface area contributed by atoms with Crippen LogP contribution in [0.2, 0.25) is 0 Å². The van der Waals surface area contributed by atoms with Crippen molar-refractivity contribution in [3.8, 4) is 5.75 Å². The number of benzene rings is 1. The van der Waals surface area contributed by atoms with E-state index in [0.717, 1.165) is 0 Å². The molecule has 0 aliphatic heterocycles. The average molecular weight is 597 g/mol. The third kappa shape index (κ3) is 14.1. The van der Waals surface area contributed by atoms with Gasteiger partial charge in [-0.25, -0.2) is 4.79 Å². The molecular formula is C24H40N10O6S. The zero-order valence-corrected chi connectivity index (χ0v) is 23.4. The normalized spacial score (nSPS) is 13.5. The molecule has 1 rings (SSSR count). The fraction of sp³-hybridized carbons (Fsp3) is 0.500. The molecule has 0 heterocycles. The molecule has 16 nitrogen and oxygen atoms in total. The van der Waals surface area contributed by atoms with E-state index in [2.05, 4.69) is 38.6 Å². The van der Waals surface area contributed by atoms with Gasteiger partial charge in [0.2, 0.25) is 17.7 Å². The molecule has 4 atom stereocenters. The Morgan fingerprint density at radius 1 is 0.780 bits per heavy atom. The summed E-state index contributed by atoms with van der Waals surface area (Å²) >= 11 is 4.01. The van der Waals surface area contributed by atoms with E-state index < -0.39 is 47.9 Å². The van der Waals surface area contributed by atoms with Gasteiger partial charge in [0, 0.05) is 25.3 Å². The van der Waals surface area contributed by atoms with Crippen LogP contribution in [0, 0.1) is 0 Å². The lowest BCUT2D eigenvalue weighted by atomic mass is 10.0. The maximum Gasteiger partial charge on any atom is 0.326 e. The van der Waals surface area contributed by atoms with E-state index in [9.17, 15) is 29.4 Å². The molecule has 1 aromatic rings. The highest BCUT2D eigenvalue weighted by Gasteiger charge is 2.30. The lowest BCUT2D eigenvalue weighted by molar-refractivity contribution is -0.142. The van der Waals surface area contributed by atoms with Crippen LogP contribution in [-0.4, -0.2) is 88.8 Å². The van der Waals surface area contributed by atoms with Crippen molar-refractivity contribution in [2.24, 2.45) is 38.7 Å². The van der Waals surface area contributed by atoms with Crippen molar-refractivity contribution in [3.63, 3.8) is 0 Å².